The van der Waals surface area contributed by atoms with Crippen LogP contribution in [-0.4, -0.2) is 35.7 Å². The Morgan fingerprint density at radius 3 is 2.00 bits per heavy atom. The van der Waals surface area contributed by atoms with Crippen molar-refractivity contribution < 1.29 is 14.4 Å². The maximum Gasteiger partial charge on any atom is 0.261 e. The molecule has 0 saturated carbocycles. The lowest BCUT2D eigenvalue weighted by molar-refractivity contribution is 0.0611. The second kappa shape index (κ2) is 8.60. The summed E-state index contributed by atoms with van der Waals surface area (Å²) in [7, 11) is 0. The molecular weight excluding hydrogens is 424 g/mol. The van der Waals surface area contributed by atoms with E-state index in [0.717, 1.165) is 22.2 Å². The highest BCUT2D eigenvalue weighted by molar-refractivity contribution is 6.25. The van der Waals surface area contributed by atoms with Crippen molar-refractivity contribution in [3.8, 4) is 0 Å². The molecule has 0 aromatic heterocycles. The molecule has 0 atom stereocenters. The predicted molar refractivity (Wildman–Crippen MR) is 133 cm³/mol. The van der Waals surface area contributed by atoms with E-state index in [0.29, 0.717) is 22.1 Å². The molecule has 0 unspecified atom stereocenters. The number of nitrogens with zero attached hydrogens (tertiary/aromatic N) is 2. The van der Waals surface area contributed by atoms with Gasteiger partial charge in [-0.2, -0.15) is 0 Å². The van der Waals surface area contributed by atoms with Crippen molar-refractivity contribution in [2.75, 3.05) is 18.0 Å². The van der Waals surface area contributed by atoms with Gasteiger partial charge in [-0.1, -0.05) is 60.2 Å². The van der Waals surface area contributed by atoms with Crippen LogP contribution in [0.4, 0.5) is 5.69 Å². The summed E-state index contributed by atoms with van der Waals surface area (Å²) in [6.07, 6.45) is 0. The second-order valence-corrected chi connectivity index (χ2v) is 8.58. The Bertz CT molecular complexity index is 1390. The highest BCUT2D eigenvalue weighted by Crippen LogP contribution is 2.30. The summed E-state index contributed by atoms with van der Waals surface area (Å²) < 4.78 is 0. The lowest BCUT2D eigenvalue weighted by atomic mass is 9.94. The van der Waals surface area contributed by atoms with E-state index < -0.39 is 0 Å². The van der Waals surface area contributed by atoms with Crippen molar-refractivity contribution >= 4 is 34.2 Å². The zero-order valence-corrected chi connectivity index (χ0v) is 19.1. The van der Waals surface area contributed by atoms with Crippen LogP contribution in [0.5, 0.6) is 0 Å². The van der Waals surface area contributed by atoms with Gasteiger partial charge in [0.2, 0.25) is 0 Å². The summed E-state index contributed by atoms with van der Waals surface area (Å²) in [5.41, 5.74) is 4.29. The first-order valence-electron chi connectivity index (χ1n) is 11.3. The molecule has 0 fully saturated rings. The van der Waals surface area contributed by atoms with Gasteiger partial charge in [-0.15, -0.1) is 0 Å². The van der Waals surface area contributed by atoms with E-state index in [-0.39, 0.29) is 30.8 Å². The smallest absolute Gasteiger partial charge is 0.261 e. The van der Waals surface area contributed by atoms with E-state index in [1.165, 1.54) is 4.90 Å². The number of imide groups is 1. The van der Waals surface area contributed by atoms with Crippen LogP contribution >= 0.6 is 0 Å². The minimum atomic E-state index is -0.332. The number of hydrogen-bond donors (Lipinski definition) is 0. The van der Waals surface area contributed by atoms with Crippen LogP contribution in [0.1, 0.15) is 42.2 Å². The highest BCUT2D eigenvalue weighted by Gasteiger charge is 2.33. The van der Waals surface area contributed by atoms with Crippen molar-refractivity contribution in [2.45, 2.75) is 13.8 Å². The van der Waals surface area contributed by atoms with E-state index in [2.05, 4.69) is 0 Å². The van der Waals surface area contributed by atoms with Crippen LogP contribution in [0.15, 0.2) is 84.9 Å². The number of amides is 3. The minimum Gasteiger partial charge on any atom is -0.307 e. The normalized spacial score (nSPS) is 12.8. The van der Waals surface area contributed by atoms with E-state index in [1.54, 1.807) is 23.1 Å². The molecule has 0 aliphatic carbocycles. The number of hydrogen-bond acceptors (Lipinski definition) is 3. The predicted octanol–water partition coefficient (Wildman–Crippen LogP) is 5.40. The van der Waals surface area contributed by atoms with Gasteiger partial charge in [0.15, 0.2) is 0 Å². The largest absolute Gasteiger partial charge is 0.307 e. The van der Waals surface area contributed by atoms with Crippen LogP contribution in [-0.2, 0) is 0 Å². The molecule has 5 rings (SSSR count). The van der Waals surface area contributed by atoms with E-state index in [1.807, 2.05) is 80.6 Å². The van der Waals surface area contributed by atoms with Gasteiger partial charge in [-0.3, -0.25) is 19.3 Å². The van der Waals surface area contributed by atoms with Crippen molar-refractivity contribution in [3.63, 3.8) is 0 Å². The van der Waals surface area contributed by atoms with Gasteiger partial charge in [0.25, 0.3) is 17.7 Å². The molecule has 34 heavy (non-hydrogen) atoms. The molecule has 5 heteroatoms. The van der Waals surface area contributed by atoms with E-state index in [9.17, 15) is 14.4 Å². The number of anilines is 1. The first-order chi connectivity index (χ1) is 16.5. The summed E-state index contributed by atoms with van der Waals surface area (Å²) in [6, 6.07) is 26.1. The monoisotopic (exact) mass is 448 g/mol. The molecule has 0 radical (unpaired) electrons. The molecular formula is C29H24N2O3. The van der Waals surface area contributed by atoms with E-state index >= 15 is 0 Å². The van der Waals surface area contributed by atoms with Crippen LogP contribution in [0.2, 0.25) is 0 Å². The zero-order valence-electron chi connectivity index (χ0n) is 19.1. The molecule has 4 aromatic rings. The maximum atomic E-state index is 13.6. The molecule has 1 aliphatic heterocycles. The first-order valence-corrected chi connectivity index (χ1v) is 11.3. The van der Waals surface area contributed by atoms with E-state index in [4.69, 9.17) is 0 Å². The Hall–Kier alpha value is -4.25. The molecule has 0 saturated heterocycles. The van der Waals surface area contributed by atoms with Crippen LogP contribution in [0, 0.1) is 13.8 Å². The summed E-state index contributed by atoms with van der Waals surface area (Å²) in [4.78, 5) is 43.1. The van der Waals surface area contributed by atoms with Crippen LogP contribution in [0.25, 0.3) is 10.8 Å². The van der Waals surface area contributed by atoms with Gasteiger partial charge in [-0.25, -0.2) is 0 Å². The van der Waals surface area contributed by atoms with Gasteiger partial charge in [-0.05, 0) is 55.1 Å². The van der Waals surface area contributed by atoms with Crippen molar-refractivity contribution in [1.82, 2.24) is 4.90 Å². The van der Waals surface area contributed by atoms with Gasteiger partial charge >= 0.3 is 0 Å². The van der Waals surface area contributed by atoms with Gasteiger partial charge in [0, 0.05) is 40.9 Å². The topological polar surface area (TPSA) is 57.7 Å². The molecule has 168 valence electrons. The number of benzene rings is 4. The average molecular weight is 449 g/mol. The Morgan fingerprint density at radius 2 is 1.38 bits per heavy atom. The molecule has 5 nitrogen and oxygen atoms in total. The standard InChI is InChI=1S/C29H24N2O3/c1-19-13-15-22(16-14-19)30(27(32)23-10-4-3-7-20(23)2)17-18-31-28(33)24-11-5-8-21-9-6-12-25(26(21)24)29(31)34/h3-16H,17-18H2,1-2H3. The lowest BCUT2D eigenvalue weighted by Crippen LogP contribution is -2.46. The Morgan fingerprint density at radius 1 is 0.765 bits per heavy atom. The van der Waals surface area contributed by atoms with Crippen molar-refractivity contribution in [2.24, 2.45) is 0 Å². The van der Waals surface area contributed by atoms with Crippen LogP contribution < -0.4 is 4.90 Å². The molecule has 1 heterocycles. The molecule has 0 spiro atoms. The third-order valence-electron chi connectivity index (χ3n) is 6.37. The number of aryl methyl sites for hydroxylation is 2. The summed E-state index contributed by atoms with van der Waals surface area (Å²) in [6.45, 7) is 4.16. The number of rotatable bonds is 5. The zero-order chi connectivity index (χ0) is 23.8. The molecule has 4 aromatic carbocycles. The maximum absolute atomic E-state index is 13.6. The Balaban J connectivity index is 1.48. The number of carbonyl (C=O) groups excluding carboxylic acids is 3. The van der Waals surface area contributed by atoms with Gasteiger partial charge < -0.3 is 4.90 Å². The minimum absolute atomic E-state index is 0.0912. The van der Waals surface area contributed by atoms with Gasteiger partial charge in [0.1, 0.15) is 0 Å². The molecule has 3 amide bonds. The van der Waals surface area contributed by atoms with Crippen molar-refractivity contribution in [3.05, 3.63) is 113 Å². The second-order valence-electron chi connectivity index (χ2n) is 8.58. The highest BCUT2D eigenvalue weighted by atomic mass is 16.2. The lowest BCUT2D eigenvalue weighted by Gasteiger charge is -2.30. The summed E-state index contributed by atoms with van der Waals surface area (Å²) in [5, 5.41) is 1.56. The average Bonchev–Trinajstić information content (AvgIpc) is 2.85. The first kappa shape index (κ1) is 21.6. The Kier molecular flexibility index (Phi) is 5.46. The fraction of sp³-hybridized carbons (Fsp3) is 0.138. The quantitative estimate of drug-likeness (QED) is 0.384. The third kappa shape index (κ3) is 3.65. The number of carbonyl (C=O) groups is 3. The fourth-order valence-electron chi connectivity index (χ4n) is 4.51. The molecule has 0 bridgehead atoms. The SMILES string of the molecule is Cc1ccc(N(CCN2C(=O)c3cccc4cccc(c34)C2=O)C(=O)c2ccccc2C)cc1. The Labute approximate surface area is 198 Å². The third-order valence-corrected chi connectivity index (χ3v) is 6.37. The fourth-order valence-corrected chi connectivity index (χ4v) is 4.51. The molecule has 1 aliphatic rings. The summed E-state index contributed by atoms with van der Waals surface area (Å²) in [5.74, 6) is -0.829. The molecule has 0 N–H and O–H groups in total. The van der Waals surface area contributed by atoms with Gasteiger partial charge in [0.05, 0.1) is 0 Å². The summed E-state index contributed by atoms with van der Waals surface area (Å²) >= 11 is 0. The van der Waals surface area contributed by atoms with Crippen molar-refractivity contribution in [1.29, 1.82) is 0 Å². The van der Waals surface area contributed by atoms with Crippen LogP contribution in [0.3, 0.4) is 0 Å².